The maximum absolute atomic E-state index is 12.8. The molecule has 1 N–H and O–H groups in total. The van der Waals surface area contributed by atoms with E-state index < -0.39 is 17.9 Å². The van der Waals surface area contributed by atoms with Crippen LogP contribution < -0.4 is 14.8 Å². The van der Waals surface area contributed by atoms with E-state index in [1.54, 1.807) is 12.1 Å². The number of urea groups is 1. The predicted octanol–water partition coefficient (Wildman–Crippen LogP) is 2.94. The van der Waals surface area contributed by atoms with Crippen LogP contribution in [0.15, 0.2) is 38.9 Å². The Balaban J connectivity index is 1.88. The minimum Gasteiger partial charge on any atom is -0.493 e. The van der Waals surface area contributed by atoms with Crippen molar-refractivity contribution in [3.63, 3.8) is 0 Å². The van der Waals surface area contributed by atoms with Crippen LogP contribution in [0.3, 0.4) is 0 Å². The monoisotopic (exact) mass is 488 g/mol. The molecule has 160 valence electrons. The fourth-order valence-electron chi connectivity index (χ4n) is 2.82. The molecule has 0 saturated carbocycles. The van der Waals surface area contributed by atoms with Gasteiger partial charge in [-0.2, -0.15) is 0 Å². The molecule has 3 amide bonds. The lowest BCUT2D eigenvalue weighted by atomic mass is 10.1. The molecule has 1 aromatic heterocycles. The molecule has 2 heterocycles. The van der Waals surface area contributed by atoms with Crippen molar-refractivity contribution in [1.29, 1.82) is 0 Å². The van der Waals surface area contributed by atoms with E-state index in [2.05, 4.69) is 31.9 Å². The summed E-state index contributed by atoms with van der Waals surface area (Å²) in [6.07, 6.45) is 6.74. The number of terminal acetylenes is 1. The lowest BCUT2D eigenvalue weighted by Crippen LogP contribution is -2.30. The molecular weight excluding hydrogens is 472 g/mol. The summed E-state index contributed by atoms with van der Waals surface area (Å²) in [5.41, 5.74) is 0.494. The van der Waals surface area contributed by atoms with E-state index >= 15 is 0 Å². The van der Waals surface area contributed by atoms with Gasteiger partial charge >= 0.3 is 12.0 Å². The Hall–Kier alpha value is -3.71. The van der Waals surface area contributed by atoms with Crippen molar-refractivity contribution >= 4 is 39.9 Å². The van der Waals surface area contributed by atoms with Crippen molar-refractivity contribution in [1.82, 2.24) is 10.2 Å². The highest BCUT2D eigenvalue weighted by Gasteiger charge is 2.34. The summed E-state index contributed by atoms with van der Waals surface area (Å²) >= 11 is 3.37. The molecular formula is C21H17BrN2O7. The number of hydrogen-bond acceptors (Lipinski definition) is 7. The predicted molar refractivity (Wildman–Crippen MR) is 112 cm³/mol. The zero-order chi connectivity index (χ0) is 22.5. The number of nitrogens with zero attached hydrogens (tertiary/aromatic N) is 1. The van der Waals surface area contributed by atoms with Crippen molar-refractivity contribution in [3.8, 4) is 23.8 Å². The minimum absolute atomic E-state index is 0.0123. The first-order chi connectivity index (χ1) is 14.9. The van der Waals surface area contributed by atoms with E-state index in [4.69, 9.17) is 20.3 Å². The second-order valence-electron chi connectivity index (χ2n) is 6.16. The summed E-state index contributed by atoms with van der Waals surface area (Å²) in [6, 6.07) is 5.63. The number of hydrogen-bond donors (Lipinski definition) is 1. The standard InChI is InChI=1S/C21H17BrN2O7/c1-4-7-30-18-12(8-13(22)10-17(18)28-2)9-15-19(25)24(21(27)23-15)11-14-5-6-16(31-14)20(26)29-3/h1,5-6,8-10H,7,11H2,2-3H3,(H,23,27)/b15-9+. The van der Waals surface area contributed by atoms with E-state index in [9.17, 15) is 14.4 Å². The van der Waals surface area contributed by atoms with E-state index in [-0.39, 0.29) is 30.4 Å². The molecule has 9 nitrogen and oxygen atoms in total. The third-order valence-electron chi connectivity index (χ3n) is 4.19. The first-order valence-corrected chi connectivity index (χ1v) is 9.62. The largest absolute Gasteiger partial charge is 0.493 e. The molecule has 1 aromatic carbocycles. The number of imide groups is 1. The number of carbonyl (C=O) groups excluding carboxylic acids is 3. The van der Waals surface area contributed by atoms with Crippen LogP contribution in [0.5, 0.6) is 11.5 Å². The van der Waals surface area contributed by atoms with E-state index in [0.29, 0.717) is 21.5 Å². The molecule has 0 unspecified atom stereocenters. The van der Waals surface area contributed by atoms with Gasteiger partial charge < -0.3 is 23.9 Å². The number of rotatable bonds is 7. The van der Waals surface area contributed by atoms with E-state index in [1.807, 2.05) is 0 Å². The molecule has 0 radical (unpaired) electrons. The number of benzene rings is 1. The number of furan rings is 1. The molecule has 1 aliphatic heterocycles. The second-order valence-corrected chi connectivity index (χ2v) is 7.07. The summed E-state index contributed by atoms with van der Waals surface area (Å²) in [5, 5.41) is 2.52. The zero-order valence-electron chi connectivity index (χ0n) is 16.6. The van der Waals surface area contributed by atoms with Gasteiger partial charge in [-0.05, 0) is 30.3 Å². The number of halogens is 1. The Bertz CT molecular complexity index is 1110. The number of amides is 3. The Morgan fingerprint density at radius 3 is 2.77 bits per heavy atom. The number of carbonyl (C=O) groups is 3. The van der Waals surface area contributed by atoms with Crippen molar-refractivity contribution < 1.29 is 33.0 Å². The molecule has 1 fully saturated rings. The number of ether oxygens (including phenoxy) is 3. The number of methoxy groups -OCH3 is 2. The first kappa shape index (κ1) is 22.0. The van der Waals surface area contributed by atoms with Crippen LogP contribution in [0.2, 0.25) is 0 Å². The lowest BCUT2D eigenvalue weighted by molar-refractivity contribution is -0.123. The van der Waals surface area contributed by atoms with Gasteiger partial charge in [0, 0.05) is 10.0 Å². The van der Waals surface area contributed by atoms with Gasteiger partial charge in [-0.1, -0.05) is 21.9 Å². The van der Waals surface area contributed by atoms with Gasteiger partial charge in [0.15, 0.2) is 11.5 Å². The Morgan fingerprint density at radius 1 is 1.32 bits per heavy atom. The Kier molecular flexibility index (Phi) is 6.67. The van der Waals surface area contributed by atoms with Crippen LogP contribution in [0.1, 0.15) is 21.9 Å². The first-order valence-electron chi connectivity index (χ1n) is 8.83. The molecule has 1 aliphatic rings. The van der Waals surface area contributed by atoms with Gasteiger partial charge in [-0.3, -0.25) is 9.69 Å². The van der Waals surface area contributed by atoms with Crippen LogP contribution >= 0.6 is 15.9 Å². The molecule has 0 atom stereocenters. The maximum Gasteiger partial charge on any atom is 0.373 e. The van der Waals surface area contributed by atoms with Crippen LogP contribution in [0, 0.1) is 12.3 Å². The third-order valence-corrected chi connectivity index (χ3v) is 4.65. The van der Waals surface area contributed by atoms with Crippen molar-refractivity contribution in [2.75, 3.05) is 20.8 Å². The molecule has 1 saturated heterocycles. The van der Waals surface area contributed by atoms with Gasteiger partial charge in [0.25, 0.3) is 5.91 Å². The fraction of sp³-hybridized carbons (Fsp3) is 0.190. The molecule has 0 bridgehead atoms. The van der Waals surface area contributed by atoms with Gasteiger partial charge in [-0.25, -0.2) is 9.59 Å². The van der Waals surface area contributed by atoms with Gasteiger partial charge in [0.1, 0.15) is 18.1 Å². The van der Waals surface area contributed by atoms with E-state index in [1.165, 1.54) is 32.4 Å². The highest BCUT2D eigenvalue weighted by molar-refractivity contribution is 9.10. The average Bonchev–Trinajstić information content (AvgIpc) is 3.32. The van der Waals surface area contributed by atoms with Gasteiger partial charge in [-0.15, -0.1) is 6.42 Å². The highest BCUT2D eigenvalue weighted by atomic mass is 79.9. The summed E-state index contributed by atoms with van der Waals surface area (Å²) in [5.74, 6) is 2.06. The summed E-state index contributed by atoms with van der Waals surface area (Å²) in [4.78, 5) is 37.6. The Labute approximate surface area is 186 Å². The molecule has 3 rings (SSSR count). The smallest absolute Gasteiger partial charge is 0.373 e. The maximum atomic E-state index is 12.8. The fourth-order valence-corrected chi connectivity index (χ4v) is 3.27. The summed E-state index contributed by atoms with van der Waals surface area (Å²) in [7, 11) is 2.69. The number of nitrogens with one attached hydrogen (secondary N) is 1. The van der Waals surface area contributed by atoms with Gasteiger partial charge in [0.05, 0.1) is 20.8 Å². The normalized spacial score (nSPS) is 14.4. The van der Waals surface area contributed by atoms with Crippen molar-refractivity contribution in [2.45, 2.75) is 6.54 Å². The average molecular weight is 489 g/mol. The molecule has 0 aliphatic carbocycles. The molecule has 31 heavy (non-hydrogen) atoms. The number of esters is 1. The van der Waals surface area contributed by atoms with Crippen molar-refractivity contribution in [2.24, 2.45) is 0 Å². The second kappa shape index (κ2) is 9.40. The Morgan fingerprint density at radius 2 is 2.10 bits per heavy atom. The molecule has 0 spiro atoms. The van der Waals surface area contributed by atoms with Crippen LogP contribution in [0.25, 0.3) is 6.08 Å². The SMILES string of the molecule is C#CCOc1c(/C=C2/NC(=O)N(Cc3ccc(C(=O)OC)o3)C2=O)cc(Br)cc1OC. The topological polar surface area (TPSA) is 107 Å². The lowest BCUT2D eigenvalue weighted by Gasteiger charge is -2.13. The summed E-state index contributed by atoms with van der Waals surface area (Å²) < 4.78 is 21.5. The van der Waals surface area contributed by atoms with Crippen LogP contribution in [-0.4, -0.2) is 43.6 Å². The third kappa shape index (κ3) is 4.73. The van der Waals surface area contributed by atoms with E-state index in [0.717, 1.165) is 4.90 Å². The molecule has 2 aromatic rings. The minimum atomic E-state index is -0.660. The molecule has 10 heteroatoms. The van der Waals surface area contributed by atoms with Crippen LogP contribution in [0.4, 0.5) is 4.79 Å². The highest BCUT2D eigenvalue weighted by Crippen LogP contribution is 2.36. The zero-order valence-corrected chi connectivity index (χ0v) is 18.1. The quantitative estimate of drug-likeness (QED) is 0.276. The van der Waals surface area contributed by atoms with Gasteiger partial charge in [0.2, 0.25) is 5.76 Å². The summed E-state index contributed by atoms with van der Waals surface area (Å²) in [6.45, 7) is -0.178. The van der Waals surface area contributed by atoms with Crippen LogP contribution in [-0.2, 0) is 16.1 Å². The van der Waals surface area contributed by atoms with Crippen molar-refractivity contribution in [3.05, 3.63) is 51.5 Å².